The highest BCUT2D eigenvalue weighted by atomic mass is 35.5. The molecule has 21 heavy (non-hydrogen) atoms. The summed E-state index contributed by atoms with van der Waals surface area (Å²) in [6.45, 7) is 0. The number of pyridine rings is 1. The molecule has 3 aliphatic rings. The number of amides is 1. The van der Waals surface area contributed by atoms with E-state index in [1.54, 1.807) is 12.4 Å². The molecule has 0 radical (unpaired) electrons. The first-order valence-electron chi connectivity index (χ1n) is 7.60. The second-order valence-electron chi connectivity index (χ2n) is 6.48. The molecule has 2 aromatic heterocycles. The Labute approximate surface area is 128 Å². The van der Waals surface area contributed by atoms with Gasteiger partial charge in [-0.15, -0.1) is 0 Å². The van der Waals surface area contributed by atoms with Crippen LogP contribution < -0.4 is 5.32 Å². The monoisotopic (exact) mass is 303 g/mol. The van der Waals surface area contributed by atoms with Gasteiger partial charge in [0.05, 0.1) is 16.7 Å². The lowest BCUT2D eigenvalue weighted by Gasteiger charge is -2.46. The van der Waals surface area contributed by atoms with E-state index in [1.165, 1.54) is 19.3 Å². The van der Waals surface area contributed by atoms with Gasteiger partial charge in [0.1, 0.15) is 5.69 Å². The van der Waals surface area contributed by atoms with Gasteiger partial charge < -0.3 is 10.3 Å². The number of nitrogens with one attached hydrogen (secondary N) is 2. The molecule has 110 valence electrons. The highest BCUT2D eigenvalue weighted by molar-refractivity contribution is 6.35. The van der Waals surface area contributed by atoms with Gasteiger partial charge in [-0.05, 0) is 50.5 Å². The van der Waals surface area contributed by atoms with Crippen molar-refractivity contribution in [2.75, 3.05) is 0 Å². The van der Waals surface area contributed by atoms with Crippen LogP contribution in [0.15, 0.2) is 18.5 Å². The molecule has 2 bridgehead atoms. The third-order valence-electron chi connectivity index (χ3n) is 5.21. The largest absolute Gasteiger partial charge is 0.349 e. The number of fused-ring (bicyclic) bond motifs is 4. The van der Waals surface area contributed by atoms with Crippen LogP contribution >= 0.6 is 11.6 Å². The Morgan fingerprint density at radius 2 is 2.00 bits per heavy atom. The Kier molecular flexibility index (Phi) is 2.96. The molecule has 1 amide bonds. The molecule has 3 aliphatic carbocycles. The maximum Gasteiger partial charge on any atom is 0.268 e. The van der Waals surface area contributed by atoms with E-state index in [4.69, 9.17) is 11.6 Å². The maximum absolute atomic E-state index is 12.6. The van der Waals surface area contributed by atoms with Crippen LogP contribution in [0.2, 0.25) is 5.02 Å². The molecule has 4 nitrogen and oxygen atoms in total. The molecule has 0 unspecified atom stereocenters. The van der Waals surface area contributed by atoms with Crippen LogP contribution in [0.5, 0.6) is 0 Å². The highest BCUT2D eigenvalue weighted by Gasteiger charge is 2.41. The molecule has 2 N–H and O–H groups in total. The molecule has 3 saturated carbocycles. The number of hydrogen-bond acceptors (Lipinski definition) is 2. The Morgan fingerprint density at radius 3 is 2.67 bits per heavy atom. The number of carbonyl (C=O) groups is 1. The van der Waals surface area contributed by atoms with E-state index >= 15 is 0 Å². The van der Waals surface area contributed by atoms with Crippen molar-refractivity contribution in [1.82, 2.24) is 15.3 Å². The van der Waals surface area contributed by atoms with E-state index in [2.05, 4.69) is 15.3 Å². The average Bonchev–Trinajstić information content (AvgIpc) is 2.94. The van der Waals surface area contributed by atoms with Crippen molar-refractivity contribution in [3.8, 4) is 0 Å². The Hall–Kier alpha value is -1.55. The molecule has 0 aromatic carbocycles. The number of halogens is 1. The molecule has 0 saturated heterocycles. The second-order valence-corrected chi connectivity index (χ2v) is 6.89. The number of rotatable bonds is 2. The summed E-state index contributed by atoms with van der Waals surface area (Å²) in [5.74, 6) is 0.865. The minimum atomic E-state index is -0.0254. The standard InChI is InChI=1S/C16H18ClN3O/c17-12-8-18-9-14-11(12)7-13(19-14)15(21)20-16-4-1-10(2-5-16)3-6-16/h7-10,19H,1-6H2,(H,20,21). The SMILES string of the molecule is O=C(NC12CCC(CC1)CC2)c1cc2c(Cl)cncc2[nH]1. The number of aromatic amines is 1. The molecular weight excluding hydrogens is 286 g/mol. The van der Waals surface area contributed by atoms with Crippen molar-refractivity contribution in [1.29, 1.82) is 0 Å². The van der Waals surface area contributed by atoms with Crippen LogP contribution in [0.3, 0.4) is 0 Å². The van der Waals surface area contributed by atoms with Crippen LogP contribution in [-0.4, -0.2) is 21.4 Å². The zero-order valence-corrected chi connectivity index (χ0v) is 12.5. The number of nitrogens with zero attached hydrogens (tertiary/aromatic N) is 1. The summed E-state index contributed by atoms with van der Waals surface area (Å²) in [6, 6.07) is 1.82. The van der Waals surface area contributed by atoms with Crippen LogP contribution in [0.1, 0.15) is 49.0 Å². The third-order valence-corrected chi connectivity index (χ3v) is 5.51. The number of aromatic nitrogens is 2. The van der Waals surface area contributed by atoms with Crippen molar-refractivity contribution >= 4 is 28.4 Å². The first-order chi connectivity index (χ1) is 10.2. The smallest absolute Gasteiger partial charge is 0.268 e. The Balaban J connectivity index is 1.60. The van der Waals surface area contributed by atoms with E-state index in [-0.39, 0.29) is 11.4 Å². The van der Waals surface area contributed by atoms with E-state index < -0.39 is 0 Å². The first kappa shape index (κ1) is 13.1. The van der Waals surface area contributed by atoms with Gasteiger partial charge in [0.15, 0.2) is 0 Å². The number of carbonyl (C=O) groups excluding carboxylic acids is 1. The van der Waals surface area contributed by atoms with Gasteiger partial charge in [0.25, 0.3) is 5.91 Å². The van der Waals surface area contributed by atoms with Crippen molar-refractivity contribution < 1.29 is 4.79 Å². The van der Waals surface area contributed by atoms with Crippen molar-refractivity contribution in [2.45, 2.75) is 44.1 Å². The van der Waals surface area contributed by atoms with Gasteiger partial charge in [-0.1, -0.05) is 11.6 Å². The summed E-state index contributed by atoms with van der Waals surface area (Å²) in [4.78, 5) is 19.7. The molecule has 2 aromatic rings. The van der Waals surface area contributed by atoms with Gasteiger partial charge >= 0.3 is 0 Å². The summed E-state index contributed by atoms with van der Waals surface area (Å²) in [5.41, 5.74) is 1.39. The average molecular weight is 304 g/mol. The molecule has 0 atom stereocenters. The fraction of sp³-hybridized carbons (Fsp3) is 0.500. The maximum atomic E-state index is 12.6. The van der Waals surface area contributed by atoms with E-state index in [0.29, 0.717) is 10.7 Å². The summed E-state index contributed by atoms with van der Waals surface area (Å²) in [6.07, 6.45) is 10.4. The fourth-order valence-electron chi connectivity index (χ4n) is 3.88. The van der Waals surface area contributed by atoms with Crippen LogP contribution in [0, 0.1) is 5.92 Å². The lowest BCUT2D eigenvalue weighted by atomic mass is 9.66. The first-order valence-corrected chi connectivity index (χ1v) is 7.98. The zero-order chi connectivity index (χ0) is 14.4. The number of H-pyrrole nitrogens is 1. The Morgan fingerprint density at radius 1 is 1.29 bits per heavy atom. The fourth-order valence-corrected chi connectivity index (χ4v) is 4.10. The molecular formula is C16H18ClN3O. The molecule has 3 fully saturated rings. The normalized spacial score (nSPS) is 28.0. The minimum Gasteiger partial charge on any atom is -0.349 e. The van der Waals surface area contributed by atoms with Gasteiger partial charge in [-0.2, -0.15) is 0 Å². The van der Waals surface area contributed by atoms with Gasteiger partial charge in [-0.3, -0.25) is 9.78 Å². The molecule has 5 heteroatoms. The van der Waals surface area contributed by atoms with Crippen LogP contribution in [0.25, 0.3) is 10.9 Å². The predicted molar refractivity (Wildman–Crippen MR) is 82.5 cm³/mol. The summed E-state index contributed by atoms with van der Waals surface area (Å²) < 4.78 is 0. The minimum absolute atomic E-state index is 0.0190. The lowest BCUT2D eigenvalue weighted by Crippen LogP contribution is -2.53. The van der Waals surface area contributed by atoms with Crippen molar-refractivity contribution in [2.24, 2.45) is 5.92 Å². The molecule has 5 rings (SSSR count). The molecule has 0 spiro atoms. The summed E-state index contributed by atoms with van der Waals surface area (Å²) in [5, 5.41) is 4.70. The predicted octanol–water partition coefficient (Wildman–Crippen LogP) is 3.67. The highest BCUT2D eigenvalue weighted by Crippen LogP contribution is 2.44. The molecule has 2 heterocycles. The Bertz CT molecular complexity index is 687. The van der Waals surface area contributed by atoms with E-state index in [1.807, 2.05) is 6.07 Å². The third kappa shape index (κ3) is 2.22. The zero-order valence-electron chi connectivity index (χ0n) is 11.8. The second kappa shape index (κ2) is 4.73. The van der Waals surface area contributed by atoms with Crippen LogP contribution in [-0.2, 0) is 0 Å². The van der Waals surface area contributed by atoms with Gasteiger partial charge in [-0.25, -0.2) is 0 Å². The van der Waals surface area contributed by atoms with Gasteiger partial charge in [0.2, 0.25) is 0 Å². The summed E-state index contributed by atoms with van der Waals surface area (Å²) >= 11 is 6.11. The van der Waals surface area contributed by atoms with Crippen molar-refractivity contribution in [3.63, 3.8) is 0 Å². The van der Waals surface area contributed by atoms with E-state index in [0.717, 1.165) is 36.1 Å². The quantitative estimate of drug-likeness (QED) is 0.889. The lowest BCUT2D eigenvalue weighted by molar-refractivity contribution is 0.0710. The topological polar surface area (TPSA) is 57.8 Å². The molecule has 0 aliphatic heterocycles. The van der Waals surface area contributed by atoms with Gasteiger partial charge in [0, 0.05) is 17.1 Å². The number of hydrogen-bond donors (Lipinski definition) is 2. The summed E-state index contributed by atoms with van der Waals surface area (Å²) in [7, 11) is 0. The van der Waals surface area contributed by atoms with Crippen molar-refractivity contribution in [3.05, 3.63) is 29.2 Å². The van der Waals surface area contributed by atoms with E-state index in [9.17, 15) is 4.79 Å². The van der Waals surface area contributed by atoms with Crippen LogP contribution in [0.4, 0.5) is 0 Å².